The molecule has 3 nitrogen and oxygen atoms in total. The molecule has 0 bridgehead atoms. The zero-order valence-electron chi connectivity index (χ0n) is 35.2. The number of nitrogens with zero attached hydrogens (tertiary/aromatic N) is 3. The molecule has 0 fully saturated rings. The Bertz CT molecular complexity index is 3930. The van der Waals surface area contributed by atoms with Gasteiger partial charge in [-0.15, -0.1) is 0 Å². The quantitative estimate of drug-likeness (QED) is 0.174. The van der Waals surface area contributed by atoms with Gasteiger partial charge in [-0.25, -0.2) is 9.97 Å². The summed E-state index contributed by atoms with van der Waals surface area (Å²) in [5.41, 5.74) is 19.8. The van der Waals surface area contributed by atoms with Gasteiger partial charge in [0.2, 0.25) is 5.95 Å². The van der Waals surface area contributed by atoms with Gasteiger partial charge in [-0.2, -0.15) is 0 Å². The molecule has 15 rings (SSSR count). The lowest BCUT2D eigenvalue weighted by atomic mass is 9.52. The van der Waals surface area contributed by atoms with Crippen LogP contribution in [0.4, 0.5) is 0 Å². The molecule has 300 valence electrons. The number of fused-ring (bicyclic) bond motifs is 23. The third-order valence-corrected chi connectivity index (χ3v) is 15.1. The molecule has 0 unspecified atom stereocenters. The summed E-state index contributed by atoms with van der Waals surface area (Å²) in [5, 5.41) is 5.79. The highest BCUT2D eigenvalue weighted by Gasteiger charge is 2.59. The van der Waals surface area contributed by atoms with Crippen LogP contribution in [-0.4, -0.2) is 14.5 Å². The summed E-state index contributed by atoms with van der Waals surface area (Å²) >= 11 is 0. The van der Waals surface area contributed by atoms with Crippen LogP contribution in [0.25, 0.3) is 82.9 Å². The lowest BCUT2D eigenvalue weighted by Gasteiger charge is -2.48. The molecule has 0 amide bonds. The first kappa shape index (κ1) is 35.1. The summed E-state index contributed by atoms with van der Waals surface area (Å²) in [4.78, 5) is 11.0. The first-order chi connectivity index (χ1) is 32.3. The van der Waals surface area contributed by atoms with E-state index in [4.69, 9.17) is 9.97 Å². The number of hydrogen-bond acceptors (Lipinski definition) is 2. The topological polar surface area (TPSA) is 30.7 Å². The molecule has 3 heteroatoms. The van der Waals surface area contributed by atoms with E-state index in [1.165, 1.54) is 88.3 Å². The summed E-state index contributed by atoms with van der Waals surface area (Å²) in [6, 6.07) is 83.3. The van der Waals surface area contributed by atoms with Crippen LogP contribution in [0, 0.1) is 0 Å². The van der Waals surface area contributed by atoms with Crippen molar-refractivity contribution in [3.8, 4) is 39.5 Å². The predicted molar refractivity (Wildman–Crippen MR) is 265 cm³/mol. The Labute approximate surface area is 375 Å². The van der Waals surface area contributed by atoms with E-state index in [1.54, 1.807) is 0 Å². The minimum absolute atomic E-state index is 0.494. The lowest BCUT2D eigenvalue weighted by Crippen LogP contribution is -2.43. The minimum Gasteiger partial charge on any atom is -0.277 e. The van der Waals surface area contributed by atoms with Gasteiger partial charge in [-0.05, 0) is 84.3 Å². The smallest absolute Gasteiger partial charge is 0.235 e. The summed E-state index contributed by atoms with van der Waals surface area (Å²) in [6.07, 6.45) is 0. The van der Waals surface area contributed by atoms with E-state index in [9.17, 15) is 0 Å². The maximum Gasteiger partial charge on any atom is 0.235 e. The van der Waals surface area contributed by atoms with Crippen LogP contribution in [0.1, 0.15) is 44.5 Å². The number of rotatable bonds is 2. The van der Waals surface area contributed by atoms with Crippen molar-refractivity contribution in [2.75, 3.05) is 0 Å². The molecule has 3 aliphatic rings. The Morgan fingerprint density at radius 1 is 0.338 bits per heavy atom. The van der Waals surface area contributed by atoms with Crippen LogP contribution in [0.3, 0.4) is 0 Å². The first-order valence-corrected chi connectivity index (χ1v) is 22.6. The summed E-state index contributed by atoms with van der Waals surface area (Å²) in [5.74, 6) is 0.661. The van der Waals surface area contributed by atoms with E-state index in [0.29, 0.717) is 5.95 Å². The second kappa shape index (κ2) is 12.6. The largest absolute Gasteiger partial charge is 0.277 e. The molecule has 3 aliphatic carbocycles. The minimum atomic E-state index is -0.601. The third kappa shape index (κ3) is 4.22. The van der Waals surface area contributed by atoms with Crippen LogP contribution in [0.15, 0.2) is 224 Å². The van der Waals surface area contributed by atoms with Crippen LogP contribution in [0.5, 0.6) is 0 Å². The van der Waals surface area contributed by atoms with Crippen LogP contribution in [-0.2, 0) is 10.8 Å². The van der Waals surface area contributed by atoms with Crippen molar-refractivity contribution in [3.63, 3.8) is 0 Å². The molecule has 2 aromatic heterocycles. The molecule has 12 aromatic rings. The van der Waals surface area contributed by atoms with E-state index >= 15 is 0 Å². The monoisotopic (exact) mass is 823 g/mol. The molecule has 2 spiro atoms. The molecule has 10 aromatic carbocycles. The van der Waals surface area contributed by atoms with E-state index in [0.717, 1.165) is 33.2 Å². The fourth-order valence-corrected chi connectivity index (χ4v) is 12.8. The average Bonchev–Trinajstić information content (AvgIpc) is 3.99. The lowest BCUT2D eigenvalue weighted by molar-refractivity contribution is 0.633. The highest BCUT2D eigenvalue weighted by Crippen LogP contribution is 2.68. The highest BCUT2D eigenvalue weighted by atomic mass is 15.2. The number of hydrogen-bond donors (Lipinski definition) is 0. The normalized spacial score (nSPS) is 14.4. The summed E-state index contributed by atoms with van der Waals surface area (Å²) in [6.45, 7) is 0. The summed E-state index contributed by atoms with van der Waals surface area (Å²) in [7, 11) is 0. The van der Waals surface area contributed by atoms with E-state index < -0.39 is 10.8 Å². The van der Waals surface area contributed by atoms with Gasteiger partial charge in [-0.1, -0.05) is 212 Å². The van der Waals surface area contributed by atoms with E-state index in [1.807, 2.05) is 0 Å². The van der Waals surface area contributed by atoms with Crippen molar-refractivity contribution >= 4 is 43.5 Å². The van der Waals surface area contributed by atoms with Gasteiger partial charge in [0.05, 0.1) is 33.1 Å². The second-order valence-electron chi connectivity index (χ2n) is 17.9. The summed E-state index contributed by atoms with van der Waals surface area (Å²) < 4.78 is 2.35. The number of aromatic nitrogens is 3. The van der Waals surface area contributed by atoms with Crippen molar-refractivity contribution in [3.05, 3.63) is 269 Å². The molecule has 0 saturated heterocycles. The standard InChI is InChI=1S/C62H37N3/c1-2-19-39(20-3-1)58-44-25-9-17-33-54(44)63-60(64-58)65-55-37-36-53-56(57(55)45-35-34-38-18-4-5-21-40(38)59(45)65)43-24-8-12-28-48(43)62(53)51-31-15-13-29-49(51)61(50-30-14-16-32-52(50)62)46-26-10-6-22-41(46)42-23-7-11-27-47(42)61/h1-37H. The highest BCUT2D eigenvalue weighted by molar-refractivity contribution is 6.24. The zero-order chi connectivity index (χ0) is 42.4. The van der Waals surface area contributed by atoms with Crippen molar-refractivity contribution in [2.45, 2.75) is 10.8 Å². The Morgan fingerprint density at radius 2 is 0.846 bits per heavy atom. The Balaban J connectivity index is 1.10. The maximum atomic E-state index is 5.53. The molecule has 2 heterocycles. The molecule has 0 radical (unpaired) electrons. The molecule has 65 heavy (non-hydrogen) atoms. The fourth-order valence-electron chi connectivity index (χ4n) is 12.8. The molecule has 0 aliphatic heterocycles. The number of benzene rings is 10. The van der Waals surface area contributed by atoms with E-state index in [2.05, 4.69) is 229 Å². The molecular formula is C62H37N3. The zero-order valence-corrected chi connectivity index (χ0v) is 35.2. The Hall–Kier alpha value is -8.40. The average molecular weight is 824 g/mol. The molecule has 0 atom stereocenters. The van der Waals surface area contributed by atoms with Gasteiger partial charge >= 0.3 is 0 Å². The van der Waals surface area contributed by atoms with Gasteiger partial charge in [0.1, 0.15) is 0 Å². The fraction of sp³-hybridized carbons (Fsp3) is 0.0323. The molecule has 0 N–H and O–H groups in total. The van der Waals surface area contributed by atoms with Crippen LogP contribution in [0.2, 0.25) is 0 Å². The van der Waals surface area contributed by atoms with Crippen LogP contribution >= 0.6 is 0 Å². The predicted octanol–water partition coefficient (Wildman–Crippen LogP) is 14.6. The first-order valence-electron chi connectivity index (χ1n) is 22.6. The Morgan fingerprint density at radius 3 is 1.51 bits per heavy atom. The van der Waals surface area contributed by atoms with Gasteiger partial charge in [-0.3, -0.25) is 4.57 Å². The van der Waals surface area contributed by atoms with Crippen molar-refractivity contribution in [1.29, 1.82) is 0 Å². The van der Waals surface area contributed by atoms with Crippen molar-refractivity contribution < 1.29 is 0 Å². The second-order valence-corrected chi connectivity index (χ2v) is 17.9. The third-order valence-electron chi connectivity index (χ3n) is 15.1. The van der Waals surface area contributed by atoms with Crippen molar-refractivity contribution in [1.82, 2.24) is 14.5 Å². The van der Waals surface area contributed by atoms with Crippen molar-refractivity contribution in [2.24, 2.45) is 0 Å². The maximum absolute atomic E-state index is 5.53. The van der Waals surface area contributed by atoms with E-state index in [-0.39, 0.29) is 0 Å². The van der Waals surface area contributed by atoms with Gasteiger partial charge < -0.3 is 0 Å². The van der Waals surface area contributed by atoms with Gasteiger partial charge in [0.15, 0.2) is 0 Å². The molecular weight excluding hydrogens is 787 g/mol. The SMILES string of the molecule is c1ccc(-c2nc(-n3c4ccc5c(c4c4ccc6ccccc6c43)-c3ccccc3C53c4ccccc4C4(c5ccccc5-c5ccccc54)c4ccccc43)nc3ccccc23)cc1. The number of para-hydroxylation sites is 1. The molecule has 0 saturated carbocycles. The van der Waals surface area contributed by atoms with Gasteiger partial charge in [0, 0.05) is 27.1 Å². The van der Waals surface area contributed by atoms with Crippen LogP contribution < -0.4 is 0 Å². The Kier molecular flexibility index (Phi) is 6.82. The van der Waals surface area contributed by atoms with Gasteiger partial charge in [0.25, 0.3) is 0 Å².